The smallest absolute Gasteiger partial charge is 0.0474 e. The number of nitrogens with one attached hydrogen (secondary N) is 4. The second kappa shape index (κ2) is 41.6. The van der Waals surface area contributed by atoms with Crippen LogP contribution in [0.1, 0.15) is 108 Å². The number of hydrogen-bond acceptors (Lipinski definition) is 6. The van der Waals surface area contributed by atoms with E-state index in [4.69, 9.17) is 4.74 Å². The molecule has 0 atom stereocenters. The lowest BCUT2D eigenvalue weighted by atomic mass is 10.2. The summed E-state index contributed by atoms with van der Waals surface area (Å²) in [5, 5.41) is 13.5. The lowest BCUT2D eigenvalue weighted by molar-refractivity contribution is 0.194. The zero-order chi connectivity index (χ0) is 29.9. The average molecular weight is 565 g/mol. The maximum atomic E-state index is 4.91. The van der Waals surface area contributed by atoms with Gasteiger partial charge in [0.1, 0.15) is 0 Å². The summed E-state index contributed by atoms with van der Waals surface area (Å²) in [4.78, 5) is 0. The monoisotopic (exact) mass is 565 g/mol. The van der Waals surface area contributed by atoms with E-state index in [0.717, 1.165) is 56.3 Å². The maximum absolute atomic E-state index is 4.91. The Hall–Kier alpha value is 0.150. The second-order valence-corrected chi connectivity index (χ2v) is 12.8. The summed E-state index contributed by atoms with van der Waals surface area (Å²) >= 11 is 1.92. The molecule has 0 rings (SSSR count). The van der Waals surface area contributed by atoms with E-state index in [1.807, 2.05) is 11.8 Å². The van der Waals surface area contributed by atoms with Crippen molar-refractivity contribution in [2.45, 2.75) is 108 Å². The first-order valence-corrected chi connectivity index (χ1v) is 17.3. The molecule has 4 N–H and O–H groups in total. The molecule has 0 aliphatic rings. The van der Waals surface area contributed by atoms with Crippen LogP contribution in [0.2, 0.25) is 0 Å². The third kappa shape index (κ3) is 65.3. The lowest BCUT2D eigenvalue weighted by Crippen LogP contribution is -2.21. The predicted molar refractivity (Wildman–Crippen MR) is 180 cm³/mol. The number of methoxy groups -OCH3 is 1. The Morgan fingerprint density at radius 2 is 0.842 bits per heavy atom. The van der Waals surface area contributed by atoms with Gasteiger partial charge in [-0.2, -0.15) is 11.8 Å². The van der Waals surface area contributed by atoms with Gasteiger partial charge in [0.25, 0.3) is 0 Å². The van der Waals surface area contributed by atoms with E-state index < -0.39 is 0 Å². The van der Waals surface area contributed by atoms with Gasteiger partial charge in [-0.3, -0.25) is 0 Å². The fourth-order valence-corrected chi connectivity index (χ4v) is 3.28. The Kier molecular flexibility index (Phi) is 49.5. The van der Waals surface area contributed by atoms with Crippen molar-refractivity contribution in [2.75, 3.05) is 78.1 Å². The highest BCUT2D eigenvalue weighted by Crippen LogP contribution is 1.94. The molecule has 0 amide bonds. The standard InChI is InChI=1S/C8H19NO.C8H19NS.2C8H19N/c2*1-8(2)7-9-5-4-6-10-3;2*1-4-5-6-9-7-8(2)3/h2*8-9H,4-7H2,1-3H3;2*8-9H,4-7H2,1-3H3. The molecule has 0 bridgehead atoms. The van der Waals surface area contributed by atoms with Crippen LogP contribution in [0.5, 0.6) is 0 Å². The molecule has 6 heteroatoms. The van der Waals surface area contributed by atoms with E-state index in [1.54, 1.807) is 7.11 Å². The van der Waals surface area contributed by atoms with E-state index in [2.05, 4.69) is 96.8 Å². The molecule has 0 aromatic rings. The number of rotatable bonds is 22. The van der Waals surface area contributed by atoms with E-state index in [-0.39, 0.29) is 0 Å². The molecule has 0 aliphatic carbocycles. The van der Waals surface area contributed by atoms with Crippen LogP contribution in [0.3, 0.4) is 0 Å². The van der Waals surface area contributed by atoms with Crippen LogP contribution in [0.25, 0.3) is 0 Å². The van der Waals surface area contributed by atoms with Gasteiger partial charge in [-0.15, -0.1) is 0 Å². The Bertz CT molecular complexity index is 335. The molecule has 0 aromatic heterocycles. The third-order valence-electron chi connectivity index (χ3n) is 5.03. The zero-order valence-corrected chi connectivity index (χ0v) is 29.3. The fraction of sp³-hybridized carbons (Fsp3) is 1.00. The van der Waals surface area contributed by atoms with Crippen molar-refractivity contribution in [1.29, 1.82) is 0 Å². The highest BCUT2D eigenvalue weighted by molar-refractivity contribution is 7.98. The van der Waals surface area contributed by atoms with E-state index in [1.165, 1.54) is 70.6 Å². The Morgan fingerprint density at radius 1 is 0.526 bits per heavy atom. The van der Waals surface area contributed by atoms with Crippen LogP contribution < -0.4 is 21.3 Å². The summed E-state index contributed by atoms with van der Waals surface area (Å²) < 4.78 is 4.91. The molecule has 0 saturated carbocycles. The van der Waals surface area contributed by atoms with Gasteiger partial charge in [-0.1, -0.05) is 82.1 Å². The van der Waals surface area contributed by atoms with Gasteiger partial charge in [-0.05, 0) is 114 Å². The van der Waals surface area contributed by atoms with Crippen LogP contribution in [0, 0.1) is 23.7 Å². The van der Waals surface area contributed by atoms with Gasteiger partial charge < -0.3 is 26.0 Å². The number of hydrogen-bond donors (Lipinski definition) is 4. The van der Waals surface area contributed by atoms with Gasteiger partial charge in [-0.25, -0.2) is 0 Å². The first-order chi connectivity index (χ1) is 18.1. The minimum Gasteiger partial charge on any atom is -0.385 e. The summed E-state index contributed by atoms with van der Waals surface area (Å²) in [5.41, 5.74) is 0. The third-order valence-corrected chi connectivity index (χ3v) is 5.73. The zero-order valence-electron chi connectivity index (χ0n) is 28.4. The Balaban J connectivity index is -0.000000203. The molecule has 0 saturated heterocycles. The number of thioether (sulfide) groups is 1. The average Bonchev–Trinajstić information content (AvgIpc) is 2.85. The van der Waals surface area contributed by atoms with Gasteiger partial charge in [0.05, 0.1) is 0 Å². The van der Waals surface area contributed by atoms with E-state index in [9.17, 15) is 0 Å². The quantitative estimate of drug-likeness (QED) is 0.103. The van der Waals surface area contributed by atoms with Crippen molar-refractivity contribution in [3.8, 4) is 0 Å². The normalized spacial score (nSPS) is 10.7. The van der Waals surface area contributed by atoms with Gasteiger partial charge >= 0.3 is 0 Å². The minimum atomic E-state index is 0.752. The number of unbranched alkanes of at least 4 members (excludes halogenated alkanes) is 2. The summed E-state index contributed by atoms with van der Waals surface area (Å²) in [5.74, 6) is 4.41. The molecule has 0 heterocycles. The Morgan fingerprint density at radius 3 is 1.11 bits per heavy atom. The largest absolute Gasteiger partial charge is 0.385 e. The summed E-state index contributed by atoms with van der Waals surface area (Å²) in [6, 6.07) is 0. The van der Waals surface area contributed by atoms with Crippen molar-refractivity contribution in [3.63, 3.8) is 0 Å². The first kappa shape index (κ1) is 45.1. The molecular formula is C32H76N4OS. The molecular weight excluding hydrogens is 488 g/mol. The molecule has 0 aromatic carbocycles. The highest BCUT2D eigenvalue weighted by atomic mass is 32.2. The van der Waals surface area contributed by atoms with Crippen LogP contribution in [-0.2, 0) is 4.74 Å². The van der Waals surface area contributed by atoms with E-state index in [0.29, 0.717) is 0 Å². The van der Waals surface area contributed by atoms with Crippen molar-refractivity contribution in [3.05, 3.63) is 0 Å². The topological polar surface area (TPSA) is 57.4 Å². The molecule has 0 radical (unpaired) electrons. The van der Waals surface area contributed by atoms with Crippen LogP contribution >= 0.6 is 11.8 Å². The van der Waals surface area contributed by atoms with Gasteiger partial charge in [0.2, 0.25) is 0 Å². The summed E-state index contributed by atoms with van der Waals surface area (Å²) in [7, 11) is 1.74. The molecule has 0 fully saturated rings. The van der Waals surface area contributed by atoms with Crippen molar-refractivity contribution in [1.82, 2.24) is 21.3 Å². The highest BCUT2D eigenvalue weighted by Gasteiger charge is 1.93. The van der Waals surface area contributed by atoms with Gasteiger partial charge in [0, 0.05) is 13.7 Å². The van der Waals surface area contributed by atoms with Crippen molar-refractivity contribution < 1.29 is 4.74 Å². The minimum absolute atomic E-state index is 0.752. The summed E-state index contributed by atoms with van der Waals surface area (Å²) in [6.45, 7) is 32.4. The molecule has 236 valence electrons. The fourth-order valence-electron chi connectivity index (χ4n) is 2.85. The Labute approximate surface area is 247 Å². The first-order valence-electron chi connectivity index (χ1n) is 15.9. The summed E-state index contributed by atoms with van der Waals surface area (Å²) in [6.07, 6.45) is 9.79. The van der Waals surface area contributed by atoms with E-state index >= 15 is 0 Å². The molecule has 38 heavy (non-hydrogen) atoms. The van der Waals surface area contributed by atoms with Crippen LogP contribution in [-0.4, -0.2) is 78.1 Å². The molecule has 0 unspecified atom stereocenters. The molecule has 5 nitrogen and oxygen atoms in total. The van der Waals surface area contributed by atoms with Gasteiger partial charge in [0.15, 0.2) is 0 Å². The lowest BCUT2D eigenvalue weighted by Gasteiger charge is -2.05. The maximum Gasteiger partial charge on any atom is 0.0474 e. The van der Waals surface area contributed by atoms with Crippen molar-refractivity contribution >= 4 is 11.8 Å². The van der Waals surface area contributed by atoms with Crippen LogP contribution in [0.15, 0.2) is 0 Å². The van der Waals surface area contributed by atoms with Crippen LogP contribution in [0.4, 0.5) is 0 Å². The van der Waals surface area contributed by atoms with Crippen molar-refractivity contribution in [2.24, 2.45) is 23.7 Å². The predicted octanol–water partition coefficient (Wildman–Crippen LogP) is 7.32. The number of ether oxygens (including phenoxy) is 1. The second-order valence-electron chi connectivity index (χ2n) is 11.8. The SMILES string of the molecule is CCCCNCC(C)C.CCCCNCC(C)C.COCCCNCC(C)C.CSCCCNCC(C)C. The molecule has 0 aliphatic heterocycles. The molecule has 0 spiro atoms.